The van der Waals surface area contributed by atoms with Crippen molar-refractivity contribution in [3.63, 3.8) is 0 Å². The summed E-state index contributed by atoms with van der Waals surface area (Å²) in [5, 5.41) is 2.87. The summed E-state index contributed by atoms with van der Waals surface area (Å²) in [4.78, 5) is 13.7. The first-order valence-electron chi connectivity index (χ1n) is 8.50. The molecule has 0 spiro atoms. The number of amides is 1. The van der Waals surface area contributed by atoms with Crippen LogP contribution in [0, 0.1) is 6.92 Å². The van der Waals surface area contributed by atoms with Crippen LogP contribution in [-0.2, 0) is 10.0 Å². The lowest BCUT2D eigenvalue weighted by atomic mass is 10.1. The van der Waals surface area contributed by atoms with Crippen LogP contribution >= 0.6 is 11.8 Å². The smallest absolute Gasteiger partial charge is 0.251 e. The molecule has 0 saturated heterocycles. The van der Waals surface area contributed by atoms with Crippen molar-refractivity contribution < 1.29 is 13.2 Å². The first kappa shape index (κ1) is 20.5. The predicted molar refractivity (Wildman–Crippen MR) is 106 cm³/mol. The second kappa shape index (κ2) is 9.75. The Morgan fingerprint density at radius 3 is 2.54 bits per heavy atom. The molecule has 0 aliphatic rings. The highest BCUT2D eigenvalue weighted by atomic mass is 32.2. The lowest BCUT2D eigenvalue weighted by molar-refractivity contribution is 0.0953. The Morgan fingerprint density at radius 2 is 1.85 bits per heavy atom. The summed E-state index contributed by atoms with van der Waals surface area (Å²) in [6, 6.07) is 14.7. The molecule has 0 bridgehead atoms. The van der Waals surface area contributed by atoms with E-state index in [1.54, 1.807) is 31.7 Å². The zero-order valence-corrected chi connectivity index (χ0v) is 16.6. The molecule has 0 aromatic heterocycles. The molecule has 2 rings (SSSR count). The van der Waals surface area contributed by atoms with Crippen LogP contribution in [-0.4, -0.2) is 33.2 Å². The molecule has 2 aromatic rings. The summed E-state index contributed by atoms with van der Waals surface area (Å²) in [6.45, 7) is 4.36. The van der Waals surface area contributed by atoms with Crippen LogP contribution in [0.4, 0.5) is 0 Å². The van der Waals surface area contributed by atoms with Crippen molar-refractivity contribution in [2.45, 2.75) is 30.1 Å². The quantitative estimate of drug-likeness (QED) is 0.508. The van der Waals surface area contributed by atoms with E-state index in [9.17, 15) is 13.2 Å². The van der Waals surface area contributed by atoms with E-state index in [0.717, 1.165) is 17.7 Å². The Morgan fingerprint density at radius 1 is 1.12 bits per heavy atom. The number of carbonyl (C=O) groups excluding carboxylic acids is 1. The molecule has 0 heterocycles. The monoisotopic (exact) mass is 392 g/mol. The van der Waals surface area contributed by atoms with Gasteiger partial charge in [-0.1, -0.05) is 31.2 Å². The molecule has 2 aromatic carbocycles. The summed E-state index contributed by atoms with van der Waals surface area (Å²) in [5.41, 5.74) is 1.14. The van der Waals surface area contributed by atoms with Crippen LogP contribution in [0.1, 0.15) is 29.3 Å². The number of hydrogen-bond acceptors (Lipinski definition) is 4. The van der Waals surface area contributed by atoms with E-state index in [1.165, 1.54) is 17.0 Å². The van der Waals surface area contributed by atoms with Gasteiger partial charge in [-0.2, -0.15) is 0 Å². The van der Waals surface area contributed by atoms with E-state index in [2.05, 4.69) is 22.2 Å². The van der Waals surface area contributed by atoms with Crippen molar-refractivity contribution in [1.29, 1.82) is 0 Å². The van der Waals surface area contributed by atoms with Gasteiger partial charge in [-0.05, 0) is 48.9 Å². The molecule has 0 saturated carbocycles. The number of carbonyl (C=O) groups is 1. The molecule has 0 aliphatic carbocycles. The van der Waals surface area contributed by atoms with Gasteiger partial charge in [0.05, 0.1) is 4.90 Å². The fraction of sp³-hybridized carbons (Fsp3) is 0.316. The number of nitrogens with one attached hydrogen (secondary N) is 2. The fourth-order valence-electron chi connectivity index (χ4n) is 2.36. The second-order valence-corrected chi connectivity index (χ2v) is 8.68. The van der Waals surface area contributed by atoms with E-state index in [4.69, 9.17) is 0 Å². The highest BCUT2D eigenvalue weighted by molar-refractivity contribution is 7.99. The number of aryl methyl sites for hydroxylation is 1. The van der Waals surface area contributed by atoms with E-state index in [0.29, 0.717) is 18.7 Å². The van der Waals surface area contributed by atoms with Crippen molar-refractivity contribution in [3.8, 4) is 0 Å². The maximum Gasteiger partial charge on any atom is 0.251 e. The zero-order valence-electron chi connectivity index (χ0n) is 15.0. The Kier molecular flexibility index (Phi) is 7.68. The minimum absolute atomic E-state index is 0.106. The van der Waals surface area contributed by atoms with Crippen LogP contribution in [0.15, 0.2) is 58.3 Å². The van der Waals surface area contributed by atoms with Gasteiger partial charge in [0.25, 0.3) is 5.91 Å². The normalized spacial score (nSPS) is 11.3. The van der Waals surface area contributed by atoms with Crippen molar-refractivity contribution in [3.05, 3.63) is 59.7 Å². The lowest BCUT2D eigenvalue weighted by Gasteiger charge is -2.10. The summed E-state index contributed by atoms with van der Waals surface area (Å²) >= 11 is 1.74. The van der Waals surface area contributed by atoms with Gasteiger partial charge in [-0.3, -0.25) is 4.79 Å². The highest BCUT2D eigenvalue weighted by Gasteiger charge is 2.17. The van der Waals surface area contributed by atoms with Crippen LogP contribution in [0.2, 0.25) is 0 Å². The van der Waals surface area contributed by atoms with Crippen LogP contribution in [0.5, 0.6) is 0 Å². The average molecular weight is 393 g/mol. The summed E-state index contributed by atoms with van der Waals surface area (Å²) in [6.07, 6.45) is 0.833. The molecule has 7 heteroatoms. The minimum atomic E-state index is -3.58. The van der Waals surface area contributed by atoms with E-state index in [1.807, 2.05) is 18.2 Å². The van der Waals surface area contributed by atoms with Gasteiger partial charge in [-0.15, -0.1) is 11.8 Å². The van der Waals surface area contributed by atoms with Gasteiger partial charge in [0.2, 0.25) is 10.0 Å². The first-order chi connectivity index (χ1) is 12.4. The molecule has 2 N–H and O–H groups in total. The molecule has 140 valence electrons. The first-order valence-corrected chi connectivity index (χ1v) is 11.0. The van der Waals surface area contributed by atoms with Gasteiger partial charge in [0.1, 0.15) is 0 Å². The number of hydrogen-bond donors (Lipinski definition) is 2. The van der Waals surface area contributed by atoms with Gasteiger partial charge in [-0.25, -0.2) is 13.1 Å². The third-order valence-electron chi connectivity index (χ3n) is 3.72. The Bertz CT molecular complexity index is 837. The molecular weight excluding hydrogens is 368 g/mol. The van der Waals surface area contributed by atoms with E-state index in [-0.39, 0.29) is 10.8 Å². The lowest BCUT2D eigenvalue weighted by Crippen LogP contribution is -2.27. The maximum absolute atomic E-state index is 12.4. The van der Waals surface area contributed by atoms with Gasteiger partial charge in [0, 0.05) is 23.5 Å². The molecular formula is C19H24N2O3S2. The molecule has 0 fully saturated rings. The maximum atomic E-state index is 12.4. The molecule has 26 heavy (non-hydrogen) atoms. The van der Waals surface area contributed by atoms with Crippen molar-refractivity contribution >= 4 is 27.7 Å². The Hall–Kier alpha value is -1.83. The summed E-state index contributed by atoms with van der Waals surface area (Å²) in [5.74, 6) is 0.652. The molecule has 1 amide bonds. The zero-order chi connectivity index (χ0) is 19.0. The standard InChI is InChI=1S/C19H24N2O3S2/c1-3-21-26(23,24)17-11-10-15(2)18(14-17)19(22)20-12-7-13-25-16-8-5-4-6-9-16/h4-6,8-11,14,21H,3,7,12-13H2,1-2H3,(H,20,22). The Balaban J connectivity index is 1.90. The van der Waals surface area contributed by atoms with Gasteiger partial charge >= 0.3 is 0 Å². The highest BCUT2D eigenvalue weighted by Crippen LogP contribution is 2.18. The predicted octanol–water partition coefficient (Wildman–Crippen LogP) is 3.21. The SMILES string of the molecule is CCNS(=O)(=O)c1ccc(C)c(C(=O)NCCCSc2ccccc2)c1. The number of sulfonamides is 1. The topological polar surface area (TPSA) is 75.3 Å². The number of benzene rings is 2. The Labute approximate surface area is 159 Å². The summed E-state index contributed by atoms with van der Waals surface area (Å²) in [7, 11) is -3.58. The number of thioether (sulfide) groups is 1. The summed E-state index contributed by atoms with van der Waals surface area (Å²) < 4.78 is 26.7. The second-order valence-electron chi connectivity index (χ2n) is 5.75. The number of rotatable bonds is 9. The molecule has 0 radical (unpaired) electrons. The van der Waals surface area contributed by atoms with Crippen molar-refractivity contribution in [2.24, 2.45) is 0 Å². The van der Waals surface area contributed by atoms with Crippen LogP contribution in [0.3, 0.4) is 0 Å². The van der Waals surface area contributed by atoms with Crippen LogP contribution < -0.4 is 10.0 Å². The molecule has 0 unspecified atom stereocenters. The van der Waals surface area contributed by atoms with E-state index < -0.39 is 10.0 Å². The van der Waals surface area contributed by atoms with Crippen molar-refractivity contribution in [2.75, 3.05) is 18.8 Å². The fourth-order valence-corrected chi connectivity index (χ4v) is 4.30. The molecule has 0 atom stereocenters. The molecule has 5 nitrogen and oxygen atoms in total. The molecule has 0 aliphatic heterocycles. The third kappa shape index (κ3) is 5.86. The average Bonchev–Trinajstić information content (AvgIpc) is 2.62. The van der Waals surface area contributed by atoms with Gasteiger partial charge < -0.3 is 5.32 Å². The third-order valence-corrected chi connectivity index (χ3v) is 6.36. The van der Waals surface area contributed by atoms with E-state index >= 15 is 0 Å². The minimum Gasteiger partial charge on any atom is -0.352 e. The largest absolute Gasteiger partial charge is 0.352 e. The van der Waals surface area contributed by atoms with Crippen molar-refractivity contribution in [1.82, 2.24) is 10.0 Å². The van der Waals surface area contributed by atoms with Gasteiger partial charge in [0.15, 0.2) is 0 Å². The van der Waals surface area contributed by atoms with Crippen LogP contribution in [0.25, 0.3) is 0 Å².